The van der Waals surface area contributed by atoms with E-state index in [0.29, 0.717) is 0 Å². The summed E-state index contributed by atoms with van der Waals surface area (Å²) in [6.07, 6.45) is 5.55. The van der Waals surface area contributed by atoms with Gasteiger partial charge in [-0.1, -0.05) is 25.3 Å². The Hall–Kier alpha value is -2.28. The monoisotopic (exact) mass is 389 g/mol. The lowest BCUT2D eigenvalue weighted by molar-refractivity contribution is -0.914. The van der Waals surface area contributed by atoms with Crippen LogP contribution in [0.5, 0.6) is 5.75 Å². The van der Waals surface area contributed by atoms with E-state index in [-0.39, 0.29) is 24.0 Å². The maximum atomic E-state index is 12.5. The average molecular weight is 390 g/mol. The van der Waals surface area contributed by atoms with Crippen LogP contribution in [0.15, 0.2) is 24.3 Å². The van der Waals surface area contributed by atoms with Crippen LogP contribution in [0.3, 0.4) is 0 Å². The van der Waals surface area contributed by atoms with Gasteiger partial charge in [0.25, 0.3) is 5.91 Å². The number of amides is 3. The van der Waals surface area contributed by atoms with Gasteiger partial charge < -0.3 is 19.9 Å². The lowest BCUT2D eigenvalue weighted by Crippen LogP contribution is -3.19. The van der Waals surface area contributed by atoms with E-state index < -0.39 is 0 Å². The van der Waals surface area contributed by atoms with Crippen molar-refractivity contribution in [2.75, 3.05) is 38.2 Å². The average Bonchev–Trinajstić information content (AvgIpc) is 2.74. The summed E-state index contributed by atoms with van der Waals surface area (Å²) in [6.45, 7) is 5.36. The van der Waals surface area contributed by atoms with Gasteiger partial charge in [-0.05, 0) is 31.9 Å². The Kier molecular flexibility index (Phi) is 7.14. The van der Waals surface area contributed by atoms with E-state index in [9.17, 15) is 9.59 Å². The molecular formula is C21H33N4O3+. The standard InChI is InChI=1S/C21H32N4O3/c1-16(20(26)23-21(27)22-17-7-4-3-5-8-17)24-11-13-25(14-12-24)18-9-6-10-19(15-18)28-2/h6,9-10,15-17H,3-5,7-8,11-14H2,1-2H3,(H2,22,23,26,27)/p+1/t16-/m0/s1. The molecule has 1 aromatic rings. The summed E-state index contributed by atoms with van der Waals surface area (Å²) in [5, 5.41) is 5.49. The maximum absolute atomic E-state index is 12.5. The van der Waals surface area contributed by atoms with Crippen molar-refractivity contribution in [2.24, 2.45) is 0 Å². The first-order valence-electron chi connectivity index (χ1n) is 10.4. The number of methoxy groups -OCH3 is 1. The van der Waals surface area contributed by atoms with Gasteiger partial charge in [-0.25, -0.2) is 4.79 Å². The molecule has 0 bridgehead atoms. The van der Waals surface area contributed by atoms with Crippen molar-refractivity contribution in [3.05, 3.63) is 24.3 Å². The number of urea groups is 1. The van der Waals surface area contributed by atoms with Crippen LogP contribution >= 0.6 is 0 Å². The fourth-order valence-corrected chi connectivity index (χ4v) is 4.17. The quantitative estimate of drug-likeness (QED) is 0.701. The fourth-order valence-electron chi connectivity index (χ4n) is 4.17. The maximum Gasteiger partial charge on any atom is 0.321 e. The second-order valence-corrected chi connectivity index (χ2v) is 7.87. The molecule has 2 aliphatic rings. The number of nitrogens with one attached hydrogen (secondary N) is 3. The minimum absolute atomic E-state index is 0.196. The molecule has 7 nitrogen and oxygen atoms in total. The topological polar surface area (TPSA) is 75.1 Å². The van der Waals surface area contributed by atoms with Gasteiger partial charge in [-0.3, -0.25) is 10.1 Å². The molecule has 1 aliphatic heterocycles. The highest BCUT2D eigenvalue weighted by Crippen LogP contribution is 2.20. The summed E-state index contributed by atoms with van der Waals surface area (Å²) in [4.78, 5) is 28.2. The number of benzene rings is 1. The Balaban J connectivity index is 1.45. The number of hydrogen-bond acceptors (Lipinski definition) is 4. The normalized spacial score (nSPS) is 19.7. The molecule has 1 heterocycles. The van der Waals surface area contributed by atoms with Crippen molar-refractivity contribution in [1.29, 1.82) is 0 Å². The number of imide groups is 1. The van der Waals surface area contributed by atoms with Crippen LogP contribution in [0.4, 0.5) is 10.5 Å². The fraction of sp³-hybridized carbons (Fsp3) is 0.619. The first-order chi connectivity index (χ1) is 13.6. The Bertz CT molecular complexity index is 667. The Morgan fingerprint density at radius 1 is 1.18 bits per heavy atom. The van der Waals surface area contributed by atoms with E-state index in [4.69, 9.17) is 4.74 Å². The molecule has 1 aromatic carbocycles. The van der Waals surface area contributed by atoms with Gasteiger partial charge >= 0.3 is 6.03 Å². The number of hydrogen-bond donors (Lipinski definition) is 3. The van der Waals surface area contributed by atoms with Gasteiger partial charge in [0.1, 0.15) is 5.75 Å². The van der Waals surface area contributed by atoms with Crippen LogP contribution in [0.25, 0.3) is 0 Å². The molecule has 154 valence electrons. The summed E-state index contributed by atoms with van der Waals surface area (Å²) in [6, 6.07) is 7.67. The first kappa shape index (κ1) is 20.5. The van der Waals surface area contributed by atoms with Crippen LogP contribution in [0.1, 0.15) is 39.0 Å². The van der Waals surface area contributed by atoms with Crippen molar-refractivity contribution in [3.63, 3.8) is 0 Å². The molecule has 1 atom stereocenters. The Morgan fingerprint density at radius 3 is 2.57 bits per heavy atom. The molecule has 0 unspecified atom stereocenters. The zero-order chi connectivity index (χ0) is 19.9. The van der Waals surface area contributed by atoms with Gasteiger partial charge in [0.2, 0.25) is 0 Å². The molecule has 3 rings (SSSR count). The van der Waals surface area contributed by atoms with Gasteiger partial charge in [0.15, 0.2) is 6.04 Å². The van der Waals surface area contributed by atoms with Crippen LogP contribution in [0.2, 0.25) is 0 Å². The number of quaternary nitrogens is 1. The summed E-state index contributed by atoms with van der Waals surface area (Å²) >= 11 is 0. The van der Waals surface area contributed by atoms with Crippen LogP contribution in [-0.2, 0) is 4.79 Å². The number of anilines is 1. The van der Waals surface area contributed by atoms with Crippen molar-refractivity contribution in [3.8, 4) is 5.75 Å². The highest BCUT2D eigenvalue weighted by atomic mass is 16.5. The second-order valence-electron chi connectivity index (χ2n) is 7.87. The highest BCUT2D eigenvalue weighted by Gasteiger charge is 2.30. The van der Waals surface area contributed by atoms with E-state index in [2.05, 4.69) is 21.6 Å². The van der Waals surface area contributed by atoms with E-state index in [1.54, 1.807) is 7.11 Å². The molecule has 2 fully saturated rings. The van der Waals surface area contributed by atoms with Crippen molar-refractivity contribution < 1.29 is 19.2 Å². The van der Waals surface area contributed by atoms with Gasteiger partial charge in [0, 0.05) is 17.8 Å². The van der Waals surface area contributed by atoms with Crippen molar-refractivity contribution in [2.45, 2.75) is 51.1 Å². The van der Waals surface area contributed by atoms with E-state index in [1.807, 2.05) is 25.1 Å². The van der Waals surface area contributed by atoms with Crippen LogP contribution in [-0.4, -0.2) is 57.3 Å². The lowest BCUT2D eigenvalue weighted by atomic mass is 9.96. The molecule has 1 aliphatic carbocycles. The van der Waals surface area contributed by atoms with Crippen molar-refractivity contribution >= 4 is 17.6 Å². The summed E-state index contributed by atoms with van der Waals surface area (Å²) < 4.78 is 5.31. The molecule has 1 saturated heterocycles. The zero-order valence-electron chi connectivity index (χ0n) is 17.0. The number of nitrogens with zero attached hydrogens (tertiary/aromatic N) is 1. The molecule has 28 heavy (non-hydrogen) atoms. The van der Waals surface area contributed by atoms with Crippen molar-refractivity contribution in [1.82, 2.24) is 10.6 Å². The first-order valence-corrected chi connectivity index (χ1v) is 10.4. The summed E-state index contributed by atoms with van der Waals surface area (Å²) in [5.41, 5.74) is 1.14. The predicted octanol–water partition coefficient (Wildman–Crippen LogP) is 0.947. The molecule has 1 saturated carbocycles. The number of ether oxygens (including phenoxy) is 1. The number of piperazine rings is 1. The third-order valence-corrected chi connectivity index (χ3v) is 6.01. The van der Waals surface area contributed by atoms with Crippen LogP contribution < -0.4 is 25.2 Å². The van der Waals surface area contributed by atoms with E-state index in [1.165, 1.54) is 11.3 Å². The van der Waals surface area contributed by atoms with Gasteiger partial charge in [0.05, 0.1) is 33.3 Å². The molecule has 3 amide bonds. The summed E-state index contributed by atoms with van der Waals surface area (Å²) in [7, 11) is 1.67. The predicted molar refractivity (Wildman–Crippen MR) is 109 cm³/mol. The second kappa shape index (κ2) is 9.78. The highest BCUT2D eigenvalue weighted by molar-refractivity contribution is 5.96. The number of rotatable bonds is 5. The minimum Gasteiger partial charge on any atom is -0.497 e. The van der Waals surface area contributed by atoms with Gasteiger partial charge in [-0.2, -0.15) is 0 Å². The smallest absolute Gasteiger partial charge is 0.321 e. The van der Waals surface area contributed by atoms with Gasteiger partial charge in [-0.15, -0.1) is 0 Å². The lowest BCUT2D eigenvalue weighted by Gasteiger charge is -2.36. The van der Waals surface area contributed by atoms with E-state index in [0.717, 1.165) is 63.3 Å². The van der Waals surface area contributed by atoms with E-state index >= 15 is 0 Å². The molecule has 3 N–H and O–H groups in total. The third kappa shape index (κ3) is 5.38. The molecule has 0 aromatic heterocycles. The number of carbonyl (C=O) groups is 2. The summed E-state index contributed by atoms with van der Waals surface area (Å²) in [5.74, 6) is 0.655. The molecule has 0 spiro atoms. The SMILES string of the molecule is COc1cccc(N2CC[NH+]([C@@H](C)C(=O)NC(=O)NC3CCCCC3)CC2)c1. The third-order valence-electron chi connectivity index (χ3n) is 6.01. The van der Waals surface area contributed by atoms with Crippen LogP contribution in [0, 0.1) is 0 Å². The molecular weight excluding hydrogens is 356 g/mol. The number of carbonyl (C=O) groups excluding carboxylic acids is 2. The Labute approximate surface area is 167 Å². The molecule has 7 heteroatoms. The largest absolute Gasteiger partial charge is 0.497 e. The minimum atomic E-state index is -0.349. The Morgan fingerprint density at radius 2 is 1.89 bits per heavy atom. The molecule has 0 radical (unpaired) electrons. The zero-order valence-corrected chi connectivity index (χ0v) is 17.0.